The van der Waals surface area contributed by atoms with E-state index < -0.39 is 0 Å². The number of methoxy groups -OCH3 is 2. The molecule has 0 aromatic carbocycles. The fourth-order valence-electron chi connectivity index (χ4n) is 1.98. The zero-order valence-electron chi connectivity index (χ0n) is 11.1. The highest BCUT2D eigenvalue weighted by Gasteiger charge is 2.29. The van der Waals surface area contributed by atoms with Gasteiger partial charge in [0.15, 0.2) is 5.82 Å². The Morgan fingerprint density at radius 2 is 2.00 bits per heavy atom. The highest BCUT2D eigenvalue weighted by Crippen LogP contribution is 2.26. The number of ether oxygens (including phenoxy) is 2. The average Bonchev–Trinajstić information content (AvgIpc) is 2.33. The molecule has 0 spiro atoms. The predicted molar refractivity (Wildman–Crippen MR) is 69.7 cm³/mol. The van der Waals surface area contributed by atoms with Crippen LogP contribution in [0.3, 0.4) is 0 Å². The topological polar surface area (TPSA) is 68.3 Å². The van der Waals surface area contributed by atoms with Gasteiger partial charge in [-0.05, 0) is 12.8 Å². The van der Waals surface area contributed by atoms with E-state index in [1.165, 1.54) is 0 Å². The highest BCUT2D eigenvalue weighted by molar-refractivity contribution is 5.48. The maximum absolute atomic E-state index is 5.26. The van der Waals surface area contributed by atoms with Crippen LogP contribution >= 0.6 is 0 Å². The first kappa shape index (κ1) is 13.0. The van der Waals surface area contributed by atoms with Crippen LogP contribution in [0.1, 0.15) is 18.7 Å². The third-order valence-corrected chi connectivity index (χ3v) is 3.08. The van der Waals surface area contributed by atoms with Gasteiger partial charge in [-0.1, -0.05) is 0 Å². The first-order valence-corrected chi connectivity index (χ1v) is 6.09. The fraction of sp³-hybridized carbons (Fsp3) is 0.667. The van der Waals surface area contributed by atoms with E-state index >= 15 is 0 Å². The van der Waals surface area contributed by atoms with Gasteiger partial charge in [0.2, 0.25) is 0 Å². The number of nitrogens with zero attached hydrogens (tertiary/aromatic N) is 2. The number of hydrogen-bond donors (Lipinski definition) is 2. The maximum Gasteiger partial charge on any atom is 0.158 e. The molecule has 0 saturated heterocycles. The third kappa shape index (κ3) is 3.08. The van der Waals surface area contributed by atoms with Gasteiger partial charge in [-0.3, -0.25) is 0 Å². The summed E-state index contributed by atoms with van der Waals surface area (Å²) >= 11 is 0. The molecule has 1 fully saturated rings. The van der Waals surface area contributed by atoms with Crippen LogP contribution in [0.15, 0.2) is 6.07 Å². The molecule has 0 unspecified atom stereocenters. The molecule has 0 bridgehead atoms. The lowest BCUT2D eigenvalue weighted by molar-refractivity contribution is 0.0328. The molecule has 1 aromatic heterocycles. The zero-order valence-corrected chi connectivity index (χ0v) is 11.1. The molecule has 100 valence electrons. The molecular formula is C12H20N4O2. The van der Waals surface area contributed by atoms with Crippen molar-refractivity contribution in [2.45, 2.75) is 31.6 Å². The summed E-state index contributed by atoms with van der Waals surface area (Å²) in [4.78, 5) is 8.73. The van der Waals surface area contributed by atoms with Crippen LogP contribution in [0.5, 0.6) is 0 Å². The summed E-state index contributed by atoms with van der Waals surface area (Å²) in [5.74, 6) is 2.30. The molecule has 6 heteroatoms. The van der Waals surface area contributed by atoms with Crippen molar-refractivity contribution in [1.29, 1.82) is 0 Å². The minimum atomic E-state index is 0.381. The first-order valence-electron chi connectivity index (χ1n) is 6.09. The lowest BCUT2D eigenvalue weighted by Crippen LogP contribution is -2.40. The standard InChI is InChI=1S/C12H20N4O2/c1-13-10-6-11(16-12(15-10)7-17-2)14-8-4-9(5-8)18-3/h6,8-9H,4-5,7H2,1-3H3,(H2,13,14,15,16). The molecular weight excluding hydrogens is 232 g/mol. The lowest BCUT2D eigenvalue weighted by Gasteiger charge is -2.35. The number of hydrogen-bond acceptors (Lipinski definition) is 6. The molecule has 1 aromatic rings. The van der Waals surface area contributed by atoms with Crippen LogP contribution in [0.4, 0.5) is 11.6 Å². The molecule has 2 N–H and O–H groups in total. The summed E-state index contributed by atoms with van der Waals surface area (Å²) in [7, 11) is 5.23. The Bertz CT molecular complexity index is 394. The fourth-order valence-corrected chi connectivity index (χ4v) is 1.98. The molecule has 6 nitrogen and oxygen atoms in total. The van der Waals surface area contributed by atoms with Crippen LogP contribution in [0.25, 0.3) is 0 Å². The van der Waals surface area contributed by atoms with Crippen molar-refractivity contribution < 1.29 is 9.47 Å². The van der Waals surface area contributed by atoms with Gasteiger partial charge in [-0.2, -0.15) is 0 Å². The number of anilines is 2. The van der Waals surface area contributed by atoms with E-state index in [0.29, 0.717) is 24.6 Å². The molecule has 1 aliphatic rings. The van der Waals surface area contributed by atoms with Crippen molar-refractivity contribution in [2.24, 2.45) is 0 Å². The Balaban J connectivity index is 2.00. The Labute approximate surface area is 107 Å². The molecule has 1 heterocycles. The Hall–Kier alpha value is -1.40. The van der Waals surface area contributed by atoms with Crippen molar-refractivity contribution in [3.05, 3.63) is 11.9 Å². The second-order valence-electron chi connectivity index (χ2n) is 4.41. The van der Waals surface area contributed by atoms with Crippen molar-refractivity contribution >= 4 is 11.6 Å². The molecule has 18 heavy (non-hydrogen) atoms. The molecule has 0 atom stereocenters. The SMILES string of the molecule is CNc1cc(NC2CC(OC)C2)nc(COC)n1. The molecule has 1 saturated carbocycles. The summed E-state index contributed by atoms with van der Waals surface area (Å²) in [6.07, 6.45) is 2.43. The van der Waals surface area contributed by atoms with Crippen LogP contribution in [-0.4, -0.2) is 43.4 Å². The van der Waals surface area contributed by atoms with Crippen molar-refractivity contribution in [2.75, 3.05) is 31.9 Å². The Kier molecular flexibility index (Phi) is 4.33. The second-order valence-corrected chi connectivity index (χ2v) is 4.41. The largest absolute Gasteiger partial charge is 0.381 e. The number of aromatic nitrogens is 2. The van der Waals surface area contributed by atoms with Gasteiger partial charge >= 0.3 is 0 Å². The number of rotatable bonds is 6. The van der Waals surface area contributed by atoms with E-state index in [0.717, 1.165) is 24.5 Å². The van der Waals surface area contributed by atoms with Gasteiger partial charge in [-0.15, -0.1) is 0 Å². The van der Waals surface area contributed by atoms with E-state index in [1.807, 2.05) is 13.1 Å². The van der Waals surface area contributed by atoms with Gasteiger partial charge in [0, 0.05) is 33.4 Å². The van der Waals surface area contributed by atoms with Crippen LogP contribution in [0.2, 0.25) is 0 Å². The van der Waals surface area contributed by atoms with Crippen molar-refractivity contribution in [1.82, 2.24) is 9.97 Å². The highest BCUT2D eigenvalue weighted by atomic mass is 16.5. The molecule has 0 aliphatic heterocycles. The second kappa shape index (κ2) is 5.97. The third-order valence-electron chi connectivity index (χ3n) is 3.08. The van der Waals surface area contributed by atoms with E-state index in [-0.39, 0.29) is 0 Å². The minimum Gasteiger partial charge on any atom is -0.381 e. The minimum absolute atomic E-state index is 0.381. The van der Waals surface area contributed by atoms with E-state index in [2.05, 4.69) is 20.6 Å². The van der Waals surface area contributed by atoms with Crippen LogP contribution < -0.4 is 10.6 Å². The average molecular weight is 252 g/mol. The van der Waals surface area contributed by atoms with Crippen molar-refractivity contribution in [3.8, 4) is 0 Å². The Morgan fingerprint density at radius 3 is 2.61 bits per heavy atom. The van der Waals surface area contributed by atoms with Gasteiger partial charge in [-0.25, -0.2) is 9.97 Å². The molecule has 0 amide bonds. The summed E-state index contributed by atoms with van der Waals surface area (Å²) in [6.45, 7) is 0.412. The maximum atomic E-state index is 5.26. The molecule has 2 rings (SSSR count). The van der Waals surface area contributed by atoms with Crippen LogP contribution in [0, 0.1) is 0 Å². The van der Waals surface area contributed by atoms with Gasteiger partial charge < -0.3 is 20.1 Å². The monoisotopic (exact) mass is 252 g/mol. The smallest absolute Gasteiger partial charge is 0.158 e. The number of nitrogens with one attached hydrogen (secondary N) is 2. The van der Waals surface area contributed by atoms with E-state index in [1.54, 1.807) is 14.2 Å². The summed E-state index contributed by atoms with van der Waals surface area (Å²) in [5.41, 5.74) is 0. The quantitative estimate of drug-likeness (QED) is 0.794. The first-order chi connectivity index (χ1) is 8.75. The van der Waals surface area contributed by atoms with E-state index in [9.17, 15) is 0 Å². The summed E-state index contributed by atoms with van der Waals surface area (Å²) in [6, 6.07) is 2.34. The molecule has 1 aliphatic carbocycles. The zero-order chi connectivity index (χ0) is 13.0. The predicted octanol–water partition coefficient (Wildman–Crippen LogP) is 1.25. The van der Waals surface area contributed by atoms with E-state index in [4.69, 9.17) is 9.47 Å². The Morgan fingerprint density at radius 1 is 1.28 bits per heavy atom. The van der Waals surface area contributed by atoms with Crippen molar-refractivity contribution in [3.63, 3.8) is 0 Å². The normalized spacial score (nSPS) is 22.4. The lowest BCUT2D eigenvalue weighted by atomic mass is 9.89. The summed E-state index contributed by atoms with van der Waals surface area (Å²) in [5, 5.41) is 6.41. The van der Waals surface area contributed by atoms with Gasteiger partial charge in [0.1, 0.15) is 18.2 Å². The van der Waals surface area contributed by atoms with Gasteiger partial charge in [0.25, 0.3) is 0 Å². The molecule has 0 radical (unpaired) electrons. The van der Waals surface area contributed by atoms with Crippen LogP contribution in [-0.2, 0) is 16.1 Å². The summed E-state index contributed by atoms with van der Waals surface area (Å²) < 4.78 is 10.3. The van der Waals surface area contributed by atoms with Gasteiger partial charge in [0.05, 0.1) is 6.10 Å².